The Labute approximate surface area is 111 Å². The minimum absolute atomic E-state index is 0.0278. The zero-order valence-corrected chi connectivity index (χ0v) is 11.5. The standard InChI is InChI=1S/C12H17NO5S/c1-9-2-4-18-11(9)6-13(7-12(14)15)10-3-5-19(16,17)8-10/h2,4,10H,3,5-8H2,1H3,(H,14,15). The summed E-state index contributed by atoms with van der Waals surface area (Å²) in [5.41, 5.74) is 0.941. The van der Waals surface area contributed by atoms with Gasteiger partial charge in [0, 0.05) is 6.04 Å². The minimum Gasteiger partial charge on any atom is -0.480 e. The maximum absolute atomic E-state index is 11.5. The van der Waals surface area contributed by atoms with Gasteiger partial charge in [0.2, 0.25) is 0 Å². The molecule has 2 heterocycles. The number of carboxylic acids is 1. The van der Waals surface area contributed by atoms with E-state index < -0.39 is 15.8 Å². The molecule has 19 heavy (non-hydrogen) atoms. The summed E-state index contributed by atoms with van der Waals surface area (Å²) in [6.07, 6.45) is 2.03. The molecule has 1 atom stereocenters. The molecule has 1 aromatic rings. The van der Waals surface area contributed by atoms with Crippen molar-refractivity contribution in [2.75, 3.05) is 18.1 Å². The van der Waals surface area contributed by atoms with E-state index in [1.807, 2.05) is 6.92 Å². The Morgan fingerprint density at radius 2 is 2.32 bits per heavy atom. The van der Waals surface area contributed by atoms with Gasteiger partial charge >= 0.3 is 5.97 Å². The van der Waals surface area contributed by atoms with Gasteiger partial charge < -0.3 is 9.52 Å². The van der Waals surface area contributed by atoms with Gasteiger partial charge in [0.1, 0.15) is 5.76 Å². The summed E-state index contributed by atoms with van der Waals surface area (Å²) in [6, 6.07) is 1.56. The number of furan rings is 1. The van der Waals surface area contributed by atoms with Crippen LogP contribution >= 0.6 is 0 Å². The van der Waals surface area contributed by atoms with Gasteiger partial charge in [0.05, 0.1) is 30.9 Å². The predicted octanol–water partition coefficient (Wildman–Crippen LogP) is 0.662. The highest BCUT2D eigenvalue weighted by atomic mass is 32.2. The summed E-state index contributed by atoms with van der Waals surface area (Å²) in [6.45, 7) is 2.02. The van der Waals surface area contributed by atoms with Crippen LogP contribution in [0.1, 0.15) is 17.7 Å². The first kappa shape index (κ1) is 14.1. The number of carboxylic acid groups (broad SMARTS) is 1. The van der Waals surface area contributed by atoms with Gasteiger partial charge in [-0.05, 0) is 25.0 Å². The lowest BCUT2D eigenvalue weighted by molar-refractivity contribution is -0.139. The molecule has 7 heteroatoms. The molecule has 0 bridgehead atoms. The summed E-state index contributed by atoms with van der Waals surface area (Å²) >= 11 is 0. The Hall–Kier alpha value is -1.34. The third kappa shape index (κ3) is 3.57. The van der Waals surface area contributed by atoms with E-state index in [1.165, 1.54) is 0 Å². The summed E-state index contributed by atoms with van der Waals surface area (Å²) in [4.78, 5) is 12.6. The first-order valence-corrected chi connectivity index (χ1v) is 7.89. The topological polar surface area (TPSA) is 87.8 Å². The first-order valence-electron chi connectivity index (χ1n) is 6.06. The van der Waals surface area contributed by atoms with Crippen LogP contribution in [0.2, 0.25) is 0 Å². The van der Waals surface area contributed by atoms with Crippen molar-refractivity contribution in [1.29, 1.82) is 0 Å². The molecular weight excluding hydrogens is 270 g/mol. The van der Waals surface area contributed by atoms with Gasteiger partial charge in [-0.15, -0.1) is 0 Å². The lowest BCUT2D eigenvalue weighted by Gasteiger charge is -2.25. The van der Waals surface area contributed by atoms with Crippen molar-refractivity contribution < 1.29 is 22.7 Å². The number of carbonyl (C=O) groups is 1. The monoisotopic (exact) mass is 287 g/mol. The lowest BCUT2D eigenvalue weighted by Crippen LogP contribution is -2.39. The first-order chi connectivity index (χ1) is 8.87. The third-order valence-corrected chi connectivity index (χ3v) is 5.13. The Balaban J connectivity index is 2.12. The quantitative estimate of drug-likeness (QED) is 0.856. The molecule has 1 saturated heterocycles. The predicted molar refractivity (Wildman–Crippen MR) is 68.5 cm³/mol. The molecule has 0 aromatic carbocycles. The van der Waals surface area contributed by atoms with Crippen LogP contribution in [0.3, 0.4) is 0 Å². The maximum atomic E-state index is 11.5. The number of aliphatic carboxylic acids is 1. The molecule has 0 radical (unpaired) electrons. The molecule has 1 aliphatic heterocycles. The Kier molecular flexibility index (Phi) is 3.96. The van der Waals surface area contributed by atoms with E-state index in [0.29, 0.717) is 18.7 Å². The van der Waals surface area contributed by atoms with E-state index in [4.69, 9.17) is 9.52 Å². The SMILES string of the molecule is Cc1ccoc1CN(CC(=O)O)C1CCS(=O)(=O)C1. The number of hydrogen-bond donors (Lipinski definition) is 1. The average Bonchev–Trinajstić information content (AvgIpc) is 2.84. The van der Waals surface area contributed by atoms with E-state index in [1.54, 1.807) is 17.2 Å². The molecule has 6 nitrogen and oxygen atoms in total. The molecule has 1 fully saturated rings. The van der Waals surface area contributed by atoms with Crippen LogP contribution < -0.4 is 0 Å². The molecule has 106 valence electrons. The second kappa shape index (κ2) is 5.34. The van der Waals surface area contributed by atoms with Crippen molar-refractivity contribution in [3.8, 4) is 0 Å². The van der Waals surface area contributed by atoms with Gasteiger partial charge in [-0.3, -0.25) is 9.69 Å². The minimum atomic E-state index is -3.03. The zero-order valence-electron chi connectivity index (χ0n) is 10.7. The number of hydrogen-bond acceptors (Lipinski definition) is 5. The second-order valence-electron chi connectivity index (χ2n) is 4.88. The van der Waals surface area contributed by atoms with Crippen molar-refractivity contribution in [3.63, 3.8) is 0 Å². The summed E-state index contributed by atoms with van der Waals surface area (Å²) in [7, 11) is -3.03. The fraction of sp³-hybridized carbons (Fsp3) is 0.583. The molecule has 0 spiro atoms. The molecule has 1 N–H and O–H groups in total. The normalized spacial score (nSPS) is 21.9. The Bertz CT molecular complexity index is 562. The van der Waals surface area contributed by atoms with Crippen LogP contribution in [0, 0.1) is 6.92 Å². The van der Waals surface area contributed by atoms with E-state index >= 15 is 0 Å². The van der Waals surface area contributed by atoms with Crippen molar-refractivity contribution in [1.82, 2.24) is 4.90 Å². The molecule has 1 unspecified atom stereocenters. The molecular formula is C12H17NO5S. The largest absolute Gasteiger partial charge is 0.480 e. The van der Waals surface area contributed by atoms with E-state index in [0.717, 1.165) is 5.56 Å². The Morgan fingerprint density at radius 3 is 2.79 bits per heavy atom. The van der Waals surface area contributed by atoms with Crippen molar-refractivity contribution >= 4 is 15.8 Å². The van der Waals surface area contributed by atoms with Crippen molar-refractivity contribution in [3.05, 3.63) is 23.7 Å². The summed E-state index contributed by atoms with van der Waals surface area (Å²) < 4.78 is 28.3. The van der Waals surface area contributed by atoms with Gasteiger partial charge in [0.25, 0.3) is 0 Å². The average molecular weight is 287 g/mol. The molecule has 0 amide bonds. The van der Waals surface area contributed by atoms with Crippen LogP contribution in [0.4, 0.5) is 0 Å². The van der Waals surface area contributed by atoms with Crippen LogP contribution in [0.25, 0.3) is 0 Å². The van der Waals surface area contributed by atoms with E-state index in [9.17, 15) is 13.2 Å². The van der Waals surface area contributed by atoms with Crippen LogP contribution in [-0.2, 0) is 21.2 Å². The maximum Gasteiger partial charge on any atom is 0.317 e. The fourth-order valence-electron chi connectivity index (χ4n) is 2.30. The third-order valence-electron chi connectivity index (χ3n) is 3.38. The smallest absolute Gasteiger partial charge is 0.317 e. The number of sulfone groups is 1. The lowest BCUT2D eigenvalue weighted by atomic mass is 10.2. The molecule has 0 aliphatic carbocycles. The molecule has 2 rings (SSSR count). The number of nitrogens with zero attached hydrogens (tertiary/aromatic N) is 1. The van der Waals surface area contributed by atoms with Crippen molar-refractivity contribution in [2.45, 2.75) is 25.9 Å². The van der Waals surface area contributed by atoms with Crippen LogP contribution in [0.15, 0.2) is 16.7 Å². The zero-order chi connectivity index (χ0) is 14.0. The van der Waals surface area contributed by atoms with Gasteiger partial charge in [0.15, 0.2) is 9.84 Å². The summed E-state index contributed by atoms with van der Waals surface area (Å²) in [5.74, 6) is -0.121. The Morgan fingerprint density at radius 1 is 1.58 bits per heavy atom. The van der Waals surface area contributed by atoms with Gasteiger partial charge in [-0.1, -0.05) is 0 Å². The highest BCUT2D eigenvalue weighted by Gasteiger charge is 2.33. The van der Waals surface area contributed by atoms with E-state index in [2.05, 4.69) is 0 Å². The van der Waals surface area contributed by atoms with Gasteiger partial charge in [-0.2, -0.15) is 0 Å². The van der Waals surface area contributed by atoms with Crippen molar-refractivity contribution in [2.24, 2.45) is 0 Å². The molecule has 1 aliphatic rings. The highest BCUT2D eigenvalue weighted by Crippen LogP contribution is 2.21. The van der Waals surface area contributed by atoms with Crippen LogP contribution in [-0.4, -0.2) is 48.5 Å². The fourth-order valence-corrected chi connectivity index (χ4v) is 4.06. The van der Waals surface area contributed by atoms with Gasteiger partial charge in [-0.25, -0.2) is 8.42 Å². The van der Waals surface area contributed by atoms with Crippen LogP contribution in [0.5, 0.6) is 0 Å². The molecule has 1 aromatic heterocycles. The summed E-state index contributed by atoms with van der Waals surface area (Å²) in [5, 5.41) is 8.95. The second-order valence-corrected chi connectivity index (χ2v) is 7.11. The highest BCUT2D eigenvalue weighted by molar-refractivity contribution is 7.91. The molecule has 0 saturated carbocycles. The number of aryl methyl sites for hydroxylation is 1. The number of rotatable bonds is 5. The van der Waals surface area contributed by atoms with E-state index in [-0.39, 0.29) is 24.1 Å².